The second-order valence-corrected chi connectivity index (χ2v) is 6.11. The van der Waals surface area contributed by atoms with Crippen LogP contribution in [0.15, 0.2) is 41.0 Å². The zero-order valence-corrected chi connectivity index (χ0v) is 13.4. The van der Waals surface area contributed by atoms with E-state index >= 15 is 0 Å². The molecule has 1 amide bonds. The number of aromatic nitrogens is 1. The van der Waals surface area contributed by atoms with Gasteiger partial charge >= 0.3 is 5.97 Å². The molecule has 0 unspecified atom stereocenters. The minimum Gasteiger partial charge on any atom is -0.481 e. The predicted molar refractivity (Wildman–Crippen MR) is 87.2 cm³/mol. The van der Waals surface area contributed by atoms with Gasteiger partial charge in [-0.3, -0.25) is 9.59 Å². The minimum atomic E-state index is -0.892. The Kier molecular flexibility index (Phi) is 4.93. The van der Waals surface area contributed by atoms with Gasteiger partial charge in [-0.15, -0.1) is 0 Å². The van der Waals surface area contributed by atoms with Crippen LogP contribution in [0.3, 0.4) is 0 Å². The van der Waals surface area contributed by atoms with Crippen molar-refractivity contribution in [2.75, 3.05) is 13.1 Å². The van der Waals surface area contributed by atoms with Crippen LogP contribution in [0, 0.1) is 5.92 Å². The van der Waals surface area contributed by atoms with Gasteiger partial charge in [0.15, 0.2) is 0 Å². The van der Waals surface area contributed by atoms with E-state index in [-0.39, 0.29) is 25.3 Å². The number of carboxylic acids is 1. The Bertz CT molecular complexity index is 707. The van der Waals surface area contributed by atoms with Gasteiger partial charge < -0.3 is 14.4 Å². The summed E-state index contributed by atoms with van der Waals surface area (Å²) in [6.45, 7) is 0.879. The van der Waals surface area contributed by atoms with E-state index < -0.39 is 5.97 Å². The lowest BCUT2D eigenvalue weighted by Gasteiger charge is -2.21. The van der Waals surface area contributed by atoms with E-state index in [1.807, 2.05) is 30.3 Å². The Morgan fingerprint density at radius 2 is 2.00 bits per heavy atom. The van der Waals surface area contributed by atoms with Crippen LogP contribution in [0.5, 0.6) is 0 Å². The molecule has 1 aromatic carbocycles. The number of hydrogen-bond donors (Lipinski definition) is 1. The number of oxazole rings is 1. The van der Waals surface area contributed by atoms with E-state index in [0.29, 0.717) is 24.0 Å². The third-order valence-corrected chi connectivity index (χ3v) is 4.03. The number of hydrogen-bond acceptors (Lipinski definition) is 4. The Hall–Kier alpha value is -2.63. The standard InChI is InChI=1S/C18H20N2O4/c21-16(20(9-8-17(22)23)11-13-6-7-13)10-15-12-24-18(19-15)14-4-2-1-3-5-14/h1-5,12-13H,6-11H2,(H,22,23). The molecule has 24 heavy (non-hydrogen) atoms. The fraction of sp³-hybridized carbons (Fsp3) is 0.389. The summed E-state index contributed by atoms with van der Waals surface area (Å²) in [5.74, 6) is 0.00470. The molecule has 0 aliphatic heterocycles. The van der Waals surface area contributed by atoms with E-state index in [2.05, 4.69) is 4.98 Å². The molecule has 3 rings (SSSR count). The smallest absolute Gasteiger partial charge is 0.305 e. The second kappa shape index (κ2) is 7.29. The van der Waals surface area contributed by atoms with Gasteiger partial charge in [0.05, 0.1) is 18.5 Å². The summed E-state index contributed by atoms with van der Waals surface area (Å²) < 4.78 is 5.45. The third-order valence-electron chi connectivity index (χ3n) is 4.03. The zero-order valence-electron chi connectivity index (χ0n) is 13.4. The van der Waals surface area contributed by atoms with Crippen molar-refractivity contribution < 1.29 is 19.1 Å². The van der Waals surface area contributed by atoms with Gasteiger partial charge in [-0.1, -0.05) is 18.2 Å². The van der Waals surface area contributed by atoms with Crippen LogP contribution in [0.25, 0.3) is 11.5 Å². The van der Waals surface area contributed by atoms with Crippen LogP contribution in [-0.4, -0.2) is 40.0 Å². The van der Waals surface area contributed by atoms with Gasteiger partial charge in [-0.25, -0.2) is 4.98 Å². The highest BCUT2D eigenvalue weighted by Crippen LogP contribution is 2.30. The van der Waals surface area contributed by atoms with Gasteiger partial charge in [0, 0.05) is 18.7 Å². The topological polar surface area (TPSA) is 83.6 Å². The van der Waals surface area contributed by atoms with Crippen molar-refractivity contribution in [1.82, 2.24) is 9.88 Å². The fourth-order valence-electron chi connectivity index (χ4n) is 2.53. The highest BCUT2D eigenvalue weighted by Gasteiger charge is 2.27. The summed E-state index contributed by atoms with van der Waals surface area (Å²) in [6, 6.07) is 9.49. The summed E-state index contributed by atoms with van der Waals surface area (Å²) >= 11 is 0. The monoisotopic (exact) mass is 328 g/mol. The van der Waals surface area contributed by atoms with E-state index in [1.165, 1.54) is 6.26 Å². The van der Waals surface area contributed by atoms with Gasteiger partial charge in [0.25, 0.3) is 0 Å². The first kappa shape index (κ1) is 16.2. The van der Waals surface area contributed by atoms with Gasteiger partial charge in [-0.2, -0.15) is 0 Å². The lowest BCUT2D eigenvalue weighted by Crippen LogP contribution is -2.36. The van der Waals surface area contributed by atoms with Crippen LogP contribution in [0.2, 0.25) is 0 Å². The second-order valence-electron chi connectivity index (χ2n) is 6.11. The molecule has 126 valence electrons. The fourth-order valence-corrected chi connectivity index (χ4v) is 2.53. The summed E-state index contributed by atoms with van der Waals surface area (Å²) in [4.78, 5) is 29.3. The maximum Gasteiger partial charge on any atom is 0.305 e. The van der Waals surface area contributed by atoms with Gasteiger partial charge in [-0.05, 0) is 30.9 Å². The molecule has 1 aliphatic carbocycles. The lowest BCUT2D eigenvalue weighted by atomic mass is 10.2. The zero-order chi connectivity index (χ0) is 16.9. The predicted octanol–water partition coefficient (Wildman–Crippen LogP) is 2.60. The van der Waals surface area contributed by atoms with Gasteiger partial charge in [0.1, 0.15) is 6.26 Å². The SMILES string of the molecule is O=C(O)CCN(CC1CC1)C(=O)Cc1coc(-c2ccccc2)n1. The van der Waals surface area contributed by atoms with E-state index in [9.17, 15) is 9.59 Å². The van der Waals surface area contributed by atoms with E-state index in [1.54, 1.807) is 4.90 Å². The van der Waals surface area contributed by atoms with E-state index in [0.717, 1.165) is 18.4 Å². The van der Waals surface area contributed by atoms with Crippen molar-refractivity contribution >= 4 is 11.9 Å². The maximum absolute atomic E-state index is 12.5. The van der Waals surface area contributed by atoms with Gasteiger partial charge in [0.2, 0.25) is 11.8 Å². The molecule has 6 nitrogen and oxygen atoms in total. The summed E-state index contributed by atoms with van der Waals surface area (Å²) in [7, 11) is 0. The Labute approximate surface area is 140 Å². The number of amides is 1. The molecule has 1 saturated carbocycles. The molecule has 1 fully saturated rings. The number of aliphatic carboxylic acids is 1. The third kappa shape index (κ3) is 4.44. The number of rotatable bonds is 8. The molecule has 0 spiro atoms. The quantitative estimate of drug-likeness (QED) is 0.805. The largest absolute Gasteiger partial charge is 0.481 e. The highest BCUT2D eigenvalue weighted by molar-refractivity contribution is 5.79. The number of benzene rings is 1. The lowest BCUT2D eigenvalue weighted by molar-refractivity contribution is -0.138. The first-order chi connectivity index (χ1) is 11.6. The molecule has 1 aliphatic rings. The first-order valence-corrected chi connectivity index (χ1v) is 8.11. The molecule has 1 aromatic heterocycles. The molecule has 0 atom stereocenters. The van der Waals surface area contributed by atoms with Crippen molar-refractivity contribution in [1.29, 1.82) is 0 Å². The average molecular weight is 328 g/mol. The van der Waals surface area contributed by atoms with Crippen molar-refractivity contribution in [3.63, 3.8) is 0 Å². The van der Waals surface area contributed by atoms with Crippen LogP contribution in [-0.2, 0) is 16.0 Å². The molecule has 0 saturated heterocycles. The number of carbonyl (C=O) groups is 2. The number of carboxylic acid groups (broad SMARTS) is 1. The summed E-state index contributed by atoms with van der Waals surface area (Å²) in [5.41, 5.74) is 1.42. The maximum atomic E-state index is 12.5. The molecule has 0 radical (unpaired) electrons. The molecule has 2 aromatic rings. The Morgan fingerprint density at radius 1 is 1.25 bits per heavy atom. The molecular weight excluding hydrogens is 308 g/mol. The summed E-state index contributed by atoms with van der Waals surface area (Å²) in [6.07, 6.45) is 3.81. The summed E-state index contributed by atoms with van der Waals surface area (Å²) in [5, 5.41) is 8.85. The van der Waals surface area contributed by atoms with Crippen LogP contribution >= 0.6 is 0 Å². The van der Waals surface area contributed by atoms with Crippen molar-refractivity contribution in [3.8, 4) is 11.5 Å². The number of nitrogens with zero attached hydrogens (tertiary/aromatic N) is 2. The van der Waals surface area contributed by atoms with Crippen LogP contribution in [0.4, 0.5) is 0 Å². The van der Waals surface area contributed by atoms with E-state index in [4.69, 9.17) is 9.52 Å². The van der Waals surface area contributed by atoms with Crippen LogP contribution < -0.4 is 0 Å². The molecule has 1 N–H and O–H groups in total. The Morgan fingerprint density at radius 3 is 2.67 bits per heavy atom. The molecule has 1 heterocycles. The molecule has 0 bridgehead atoms. The normalized spacial score (nSPS) is 13.7. The van der Waals surface area contributed by atoms with Crippen molar-refractivity contribution in [2.45, 2.75) is 25.7 Å². The number of carbonyl (C=O) groups excluding carboxylic acids is 1. The molecular formula is C18H20N2O4. The van der Waals surface area contributed by atoms with Crippen molar-refractivity contribution in [3.05, 3.63) is 42.3 Å². The highest BCUT2D eigenvalue weighted by atomic mass is 16.4. The first-order valence-electron chi connectivity index (χ1n) is 8.11. The van der Waals surface area contributed by atoms with Crippen molar-refractivity contribution in [2.24, 2.45) is 5.92 Å². The molecule has 6 heteroatoms. The van der Waals surface area contributed by atoms with Crippen LogP contribution in [0.1, 0.15) is 25.0 Å². The Balaban J connectivity index is 1.63. The average Bonchev–Trinajstić information content (AvgIpc) is 3.28. The minimum absolute atomic E-state index is 0.0352.